The summed E-state index contributed by atoms with van der Waals surface area (Å²) in [4.78, 5) is 12.0. The molecule has 0 aliphatic rings. The van der Waals surface area contributed by atoms with Crippen LogP contribution in [0.1, 0.15) is 16.2 Å². The number of nitrogens with one attached hydrogen (secondary N) is 1. The highest BCUT2D eigenvalue weighted by molar-refractivity contribution is 6.00. The van der Waals surface area contributed by atoms with Crippen molar-refractivity contribution in [3.05, 3.63) is 65.8 Å². The van der Waals surface area contributed by atoms with E-state index in [9.17, 15) is 9.18 Å². The van der Waals surface area contributed by atoms with Crippen molar-refractivity contribution >= 4 is 11.6 Å². The number of rotatable bonds is 3. The van der Waals surface area contributed by atoms with Crippen LogP contribution >= 0.6 is 0 Å². The van der Waals surface area contributed by atoms with E-state index in [1.807, 2.05) is 19.1 Å². The van der Waals surface area contributed by atoms with Crippen molar-refractivity contribution in [1.29, 1.82) is 0 Å². The van der Waals surface area contributed by atoms with Crippen molar-refractivity contribution in [1.82, 2.24) is 10.2 Å². The fourth-order valence-corrected chi connectivity index (χ4v) is 1.88. The Kier molecular flexibility index (Phi) is 3.65. The van der Waals surface area contributed by atoms with Gasteiger partial charge >= 0.3 is 11.8 Å². The van der Waals surface area contributed by atoms with Crippen molar-refractivity contribution < 1.29 is 13.6 Å². The summed E-state index contributed by atoms with van der Waals surface area (Å²) in [6, 6.07) is 13.3. The van der Waals surface area contributed by atoms with Crippen molar-refractivity contribution in [3.63, 3.8) is 0 Å². The lowest BCUT2D eigenvalue weighted by molar-refractivity contribution is 0.0991. The Hall–Kier alpha value is -3.02. The van der Waals surface area contributed by atoms with Gasteiger partial charge in [0.05, 0.1) is 5.56 Å². The third kappa shape index (κ3) is 2.85. The summed E-state index contributed by atoms with van der Waals surface area (Å²) in [5.74, 6) is -1.29. The predicted octanol–water partition coefficient (Wildman–Crippen LogP) is 3.44. The van der Waals surface area contributed by atoms with Crippen LogP contribution in [0, 0.1) is 12.7 Å². The molecule has 1 N–H and O–H groups in total. The van der Waals surface area contributed by atoms with Gasteiger partial charge in [0.15, 0.2) is 0 Å². The van der Waals surface area contributed by atoms with E-state index in [1.165, 1.54) is 12.1 Å². The summed E-state index contributed by atoms with van der Waals surface area (Å²) in [7, 11) is 0. The summed E-state index contributed by atoms with van der Waals surface area (Å²) >= 11 is 0. The van der Waals surface area contributed by atoms with Gasteiger partial charge in [-0.1, -0.05) is 29.8 Å². The van der Waals surface area contributed by atoms with Gasteiger partial charge < -0.3 is 9.73 Å². The molecule has 0 saturated heterocycles. The van der Waals surface area contributed by atoms with Gasteiger partial charge in [0.1, 0.15) is 5.82 Å². The minimum atomic E-state index is -0.543. The minimum absolute atomic E-state index is 0.0350. The first-order chi connectivity index (χ1) is 10.6. The lowest BCUT2D eigenvalue weighted by Gasteiger charge is -2.02. The molecular formula is C16H12FN3O2. The number of halogens is 1. The topological polar surface area (TPSA) is 68.0 Å². The molecule has 0 spiro atoms. The number of benzene rings is 2. The second-order valence-corrected chi connectivity index (χ2v) is 4.71. The smallest absolute Gasteiger partial charge is 0.313 e. The summed E-state index contributed by atoms with van der Waals surface area (Å²) in [5, 5.41) is 9.99. The number of carbonyl (C=O) groups excluding carboxylic acids is 1. The van der Waals surface area contributed by atoms with Crippen molar-refractivity contribution in [2.75, 3.05) is 5.32 Å². The normalized spacial score (nSPS) is 10.5. The Morgan fingerprint density at radius 2 is 1.82 bits per heavy atom. The number of nitrogens with zero attached hydrogens (tertiary/aromatic N) is 2. The molecule has 0 unspecified atom stereocenters. The van der Waals surface area contributed by atoms with Gasteiger partial charge in [-0.25, -0.2) is 4.39 Å². The van der Waals surface area contributed by atoms with E-state index in [2.05, 4.69) is 15.5 Å². The minimum Gasteiger partial charge on any atom is -0.412 e. The maximum atomic E-state index is 13.6. The largest absolute Gasteiger partial charge is 0.412 e. The van der Waals surface area contributed by atoms with Gasteiger partial charge in [0.25, 0.3) is 5.89 Å². The van der Waals surface area contributed by atoms with Crippen LogP contribution in [0.2, 0.25) is 0 Å². The van der Waals surface area contributed by atoms with Crippen LogP contribution in [0.5, 0.6) is 0 Å². The third-order valence-corrected chi connectivity index (χ3v) is 3.03. The highest BCUT2D eigenvalue weighted by Crippen LogP contribution is 2.21. The summed E-state index contributed by atoms with van der Waals surface area (Å²) in [6.45, 7) is 1.95. The molecule has 0 atom stereocenters. The second-order valence-electron chi connectivity index (χ2n) is 4.71. The Balaban J connectivity index is 1.80. The molecule has 1 aromatic heterocycles. The molecule has 22 heavy (non-hydrogen) atoms. The van der Waals surface area contributed by atoms with E-state index < -0.39 is 11.7 Å². The molecule has 110 valence electrons. The molecule has 1 heterocycles. The second kappa shape index (κ2) is 5.77. The third-order valence-electron chi connectivity index (χ3n) is 3.03. The quantitative estimate of drug-likeness (QED) is 0.804. The number of hydrogen-bond donors (Lipinski definition) is 1. The van der Waals surface area contributed by atoms with Crippen molar-refractivity contribution in [2.45, 2.75) is 6.92 Å². The van der Waals surface area contributed by atoms with Crippen LogP contribution in [0.15, 0.2) is 52.9 Å². The molecule has 3 aromatic rings. The fraction of sp³-hybridized carbons (Fsp3) is 0.0625. The maximum Gasteiger partial charge on any atom is 0.313 e. The zero-order valence-electron chi connectivity index (χ0n) is 11.7. The Morgan fingerprint density at radius 3 is 2.55 bits per heavy atom. The first-order valence-corrected chi connectivity index (χ1v) is 6.60. The summed E-state index contributed by atoms with van der Waals surface area (Å²) in [6.07, 6.45) is 0. The maximum absolute atomic E-state index is 13.6. The van der Waals surface area contributed by atoms with Gasteiger partial charge in [-0.2, -0.15) is 0 Å². The molecule has 3 rings (SSSR count). The average Bonchev–Trinajstić information content (AvgIpc) is 3.00. The van der Waals surface area contributed by atoms with E-state index in [-0.39, 0.29) is 17.3 Å². The van der Waals surface area contributed by atoms with Gasteiger partial charge in [-0.05, 0) is 31.2 Å². The average molecular weight is 297 g/mol. The molecule has 2 aromatic carbocycles. The van der Waals surface area contributed by atoms with Crippen molar-refractivity contribution in [2.24, 2.45) is 0 Å². The standard InChI is InChI=1S/C16H12FN3O2/c1-10-6-8-11(9-7-10)18-14(21)16-20-19-15(22-16)12-4-2-3-5-13(12)17/h2-9H,1H3,(H,18,21). The molecular weight excluding hydrogens is 285 g/mol. The highest BCUT2D eigenvalue weighted by Gasteiger charge is 2.17. The SMILES string of the molecule is Cc1ccc(NC(=O)c2nnc(-c3ccccc3F)o2)cc1. The van der Waals surface area contributed by atoms with Crippen LogP contribution in [-0.4, -0.2) is 16.1 Å². The number of hydrogen-bond acceptors (Lipinski definition) is 4. The van der Waals surface area contributed by atoms with E-state index in [4.69, 9.17) is 4.42 Å². The molecule has 5 nitrogen and oxygen atoms in total. The summed E-state index contributed by atoms with van der Waals surface area (Å²) in [5.41, 5.74) is 1.85. The summed E-state index contributed by atoms with van der Waals surface area (Å²) < 4.78 is 18.9. The number of anilines is 1. The first-order valence-electron chi connectivity index (χ1n) is 6.60. The van der Waals surface area contributed by atoms with Gasteiger partial charge in [0, 0.05) is 5.69 Å². The monoisotopic (exact) mass is 297 g/mol. The number of aromatic nitrogens is 2. The van der Waals surface area contributed by atoms with E-state index >= 15 is 0 Å². The molecule has 0 aliphatic heterocycles. The Bertz CT molecular complexity index is 812. The molecule has 0 bridgehead atoms. The number of amides is 1. The van der Waals surface area contributed by atoms with Crippen LogP contribution in [-0.2, 0) is 0 Å². The van der Waals surface area contributed by atoms with Gasteiger partial charge in [-0.3, -0.25) is 4.79 Å². The van der Waals surface area contributed by atoms with E-state index in [0.29, 0.717) is 5.69 Å². The van der Waals surface area contributed by atoms with Crippen LogP contribution in [0.4, 0.5) is 10.1 Å². The molecule has 6 heteroatoms. The molecule has 0 saturated carbocycles. The molecule has 0 aliphatic carbocycles. The zero-order valence-corrected chi connectivity index (χ0v) is 11.7. The molecule has 1 amide bonds. The van der Waals surface area contributed by atoms with Gasteiger partial charge in [0.2, 0.25) is 0 Å². The van der Waals surface area contributed by atoms with E-state index in [0.717, 1.165) is 5.56 Å². The van der Waals surface area contributed by atoms with Gasteiger partial charge in [-0.15, -0.1) is 10.2 Å². The van der Waals surface area contributed by atoms with Crippen LogP contribution < -0.4 is 5.32 Å². The van der Waals surface area contributed by atoms with E-state index in [1.54, 1.807) is 24.3 Å². The Labute approximate surface area is 125 Å². The Morgan fingerprint density at radius 1 is 1.09 bits per heavy atom. The highest BCUT2D eigenvalue weighted by atomic mass is 19.1. The first kappa shape index (κ1) is 13.9. The van der Waals surface area contributed by atoms with Crippen LogP contribution in [0.3, 0.4) is 0 Å². The molecule has 0 radical (unpaired) electrons. The number of aryl methyl sites for hydroxylation is 1. The lowest BCUT2D eigenvalue weighted by Crippen LogP contribution is -2.12. The lowest BCUT2D eigenvalue weighted by atomic mass is 10.2. The predicted molar refractivity (Wildman–Crippen MR) is 78.8 cm³/mol. The van der Waals surface area contributed by atoms with Crippen LogP contribution in [0.25, 0.3) is 11.5 Å². The molecule has 0 fully saturated rings. The fourth-order valence-electron chi connectivity index (χ4n) is 1.88. The zero-order chi connectivity index (χ0) is 15.5. The van der Waals surface area contributed by atoms with Crippen molar-refractivity contribution in [3.8, 4) is 11.5 Å². The number of carbonyl (C=O) groups is 1.